The fourth-order valence-electron chi connectivity index (χ4n) is 3.66. The lowest BCUT2D eigenvalue weighted by Gasteiger charge is -2.22. The van der Waals surface area contributed by atoms with Gasteiger partial charge < -0.3 is 4.74 Å². The van der Waals surface area contributed by atoms with E-state index in [1.807, 2.05) is 36.4 Å². The van der Waals surface area contributed by atoms with Gasteiger partial charge in [-0.2, -0.15) is 0 Å². The molecule has 0 amide bonds. The van der Waals surface area contributed by atoms with Crippen LogP contribution < -0.4 is 0 Å². The van der Waals surface area contributed by atoms with E-state index >= 15 is 0 Å². The van der Waals surface area contributed by atoms with Gasteiger partial charge >= 0.3 is 5.97 Å². The molecule has 1 aliphatic carbocycles. The number of hydrogen-bond donors (Lipinski definition) is 0. The Morgan fingerprint density at radius 1 is 1.07 bits per heavy atom. The van der Waals surface area contributed by atoms with Crippen molar-refractivity contribution in [1.29, 1.82) is 0 Å². The van der Waals surface area contributed by atoms with E-state index in [0.29, 0.717) is 24.2 Å². The summed E-state index contributed by atoms with van der Waals surface area (Å²) in [7, 11) is -1.66. The van der Waals surface area contributed by atoms with Crippen LogP contribution in [0.25, 0.3) is 0 Å². The zero-order valence-electron chi connectivity index (χ0n) is 16.9. The van der Waals surface area contributed by atoms with Crippen LogP contribution in [0.1, 0.15) is 44.5 Å². The lowest BCUT2D eigenvalue weighted by molar-refractivity contribution is -0.138. The predicted molar refractivity (Wildman–Crippen MR) is 112 cm³/mol. The minimum absolute atomic E-state index is 0.0576. The Balaban J connectivity index is 2.38. The summed E-state index contributed by atoms with van der Waals surface area (Å²) in [5, 5.41) is 0. The van der Waals surface area contributed by atoms with E-state index in [-0.39, 0.29) is 23.6 Å². The summed E-state index contributed by atoms with van der Waals surface area (Å²) in [6, 6.07) is 12.6. The monoisotopic (exact) mass is 382 g/mol. The lowest BCUT2D eigenvalue weighted by atomic mass is 9.85. The van der Waals surface area contributed by atoms with Gasteiger partial charge in [0, 0.05) is 17.1 Å². The van der Waals surface area contributed by atoms with E-state index in [1.165, 1.54) is 0 Å². The summed E-state index contributed by atoms with van der Waals surface area (Å²) in [5.41, 5.74) is 4.81. The molecule has 0 saturated carbocycles. The van der Waals surface area contributed by atoms with Gasteiger partial charge in [0.2, 0.25) is 0 Å². The third-order valence-corrected chi connectivity index (χ3v) is 10.5. The second-order valence-electron chi connectivity index (χ2n) is 7.04. The topological polar surface area (TPSA) is 43.4 Å². The van der Waals surface area contributed by atoms with E-state index in [0.717, 1.165) is 18.1 Å². The number of allylic oxidation sites excluding steroid dienone is 1. The minimum atomic E-state index is -1.66. The second kappa shape index (κ2) is 9.71. The van der Waals surface area contributed by atoms with Crippen LogP contribution in [0, 0.1) is 23.3 Å². The molecule has 0 heterocycles. The summed E-state index contributed by atoms with van der Waals surface area (Å²) >= 11 is 0. The van der Waals surface area contributed by atoms with Crippen molar-refractivity contribution < 1.29 is 14.3 Å². The molecule has 2 atom stereocenters. The maximum Gasteiger partial charge on any atom is 0.334 e. The van der Waals surface area contributed by atoms with Crippen molar-refractivity contribution in [2.24, 2.45) is 11.8 Å². The molecule has 0 spiro atoms. The molecule has 0 fully saturated rings. The molecule has 1 aromatic carbocycles. The molecule has 0 N–H and O–H groups in total. The average molecular weight is 383 g/mol. The van der Waals surface area contributed by atoms with Crippen LogP contribution in [0.2, 0.25) is 18.1 Å². The Bertz CT molecular complexity index is 743. The first-order valence-electron chi connectivity index (χ1n) is 10.0. The van der Waals surface area contributed by atoms with Crippen LogP contribution in [-0.2, 0) is 9.53 Å². The predicted octanol–water partition coefficient (Wildman–Crippen LogP) is 5.05. The number of benzene rings is 1. The number of Topliss-reactive ketones (excluding diaryl/α,β-unsaturated/α-hetero) is 1. The lowest BCUT2D eigenvalue weighted by Crippen LogP contribution is -2.30. The van der Waals surface area contributed by atoms with Crippen LogP contribution in [-0.4, -0.2) is 26.4 Å². The molecule has 1 aliphatic rings. The zero-order valence-corrected chi connectivity index (χ0v) is 17.9. The highest BCUT2D eigenvalue weighted by Gasteiger charge is 2.38. The SMILES string of the molecule is CCOC(=O)C1=CCC(C(=O)c2ccccc2)C1C#C[Si](CC)(CC)CC. The Morgan fingerprint density at radius 3 is 2.26 bits per heavy atom. The molecule has 27 heavy (non-hydrogen) atoms. The van der Waals surface area contributed by atoms with Crippen molar-refractivity contribution in [2.75, 3.05) is 6.61 Å². The highest BCUT2D eigenvalue weighted by molar-refractivity contribution is 6.87. The van der Waals surface area contributed by atoms with Gasteiger partial charge in [-0.25, -0.2) is 4.79 Å². The maximum absolute atomic E-state index is 13.1. The van der Waals surface area contributed by atoms with Gasteiger partial charge in [0.1, 0.15) is 8.07 Å². The average Bonchev–Trinajstić information content (AvgIpc) is 3.14. The zero-order chi connectivity index (χ0) is 19.9. The number of carbonyl (C=O) groups excluding carboxylic acids is 2. The summed E-state index contributed by atoms with van der Waals surface area (Å²) in [6.45, 7) is 8.74. The molecular formula is C23H30O3Si. The van der Waals surface area contributed by atoms with Gasteiger partial charge in [-0.1, -0.05) is 57.2 Å². The summed E-state index contributed by atoms with van der Waals surface area (Å²) in [6.07, 6.45) is 2.40. The Kier molecular flexibility index (Phi) is 7.62. The standard InChI is InChI=1S/C23H30O3Si/c1-5-26-23(25)21-15-14-20(22(24)18-12-10-9-11-13-18)19(21)16-17-27(6-2,7-3)8-4/h9-13,15,19-20H,5-8,14H2,1-4H3. The van der Waals surface area contributed by atoms with Crippen molar-refractivity contribution in [3.05, 3.63) is 47.5 Å². The van der Waals surface area contributed by atoms with E-state index in [4.69, 9.17) is 4.74 Å². The Morgan fingerprint density at radius 2 is 1.70 bits per heavy atom. The first kappa shape index (κ1) is 21.2. The maximum atomic E-state index is 13.1. The Labute approximate surface area is 164 Å². The largest absolute Gasteiger partial charge is 0.463 e. The van der Waals surface area contributed by atoms with E-state index in [1.54, 1.807) is 6.92 Å². The molecule has 2 unspecified atom stereocenters. The second-order valence-corrected chi connectivity index (χ2v) is 12.0. The van der Waals surface area contributed by atoms with Gasteiger partial charge in [0.15, 0.2) is 5.78 Å². The molecule has 2 rings (SSSR count). The molecule has 4 heteroatoms. The number of ketones is 1. The van der Waals surface area contributed by atoms with Crippen LogP contribution in [0.3, 0.4) is 0 Å². The molecule has 0 aromatic heterocycles. The summed E-state index contributed by atoms with van der Waals surface area (Å²) < 4.78 is 5.23. The highest BCUT2D eigenvalue weighted by Crippen LogP contribution is 2.35. The number of rotatable bonds is 7. The van der Waals surface area contributed by atoms with Crippen molar-refractivity contribution in [3.63, 3.8) is 0 Å². The van der Waals surface area contributed by atoms with Crippen LogP contribution in [0.5, 0.6) is 0 Å². The third-order valence-electron chi connectivity index (χ3n) is 5.76. The first-order chi connectivity index (χ1) is 13.0. The van der Waals surface area contributed by atoms with Gasteiger partial charge in [-0.05, 0) is 31.5 Å². The number of ether oxygens (including phenoxy) is 1. The van der Waals surface area contributed by atoms with Crippen molar-refractivity contribution in [1.82, 2.24) is 0 Å². The number of carbonyl (C=O) groups is 2. The summed E-state index contributed by atoms with van der Waals surface area (Å²) in [5.74, 6) is 2.43. The van der Waals surface area contributed by atoms with Gasteiger partial charge in [0.25, 0.3) is 0 Å². The fraction of sp³-hybridized carbons (Fsp3) is 0.478. The highest BCUT2D eigenvalue weighted by atomic mass is 28.3. The summed E-state index contributed by atoms with van der Waals surface area (Å²) in [4.78, 5) is 25.5. The molecule has 0 aliphatic heterocycles. The van der Waals surface area contributed by atoms with Crippen molar-refractivity contribution in [3.8, 4) is 11.5 Å². The molecule has 144 valence electrons. The quantitative estimate of drug-likeness (QED) is 0.287. The third kappa shape index (κ3) is 4.78. The first-order valence-corrected chi connectivity index (χ1v) is 12.6. The molecular weight excluding hydrogens is 352 g/mol. The fourth-order valence-corrected chi connectivity index (χ4v) is 6.15. The molecule has 0 bridgehead atoms. The van der Waals surface area contributed by atoms with Crippen LogP contribution in [0.15, 0.2) is 42.0 Å². The van der Waals surface area contributed by atoms with Crippen molar-refractivity contribution >= 4 is 19.8 Å². The van der Waals surface area contributed by atoms with Crippen molar-refractivity contribution in [2.45, 2.75) is 52.2 Å². The molecule has 1 aromatic rings. The van der Waals surface area contributed by atoms with E-state index in [9.17, 15) is 9.59 Å². The van der Waals surface area contributed by atoms with Gasteiger partial charge in [-0.15, -0.1) is 11.5 Å². The normalized spacial score (nSPS) is 19.0. The molecule has 0 saturated heterocycles. The molecule has 3 nitrogen and oxygen atoms in total. The van der Waals surface area contributed by atoms with E-state index < -0.39 is 8.07 Å². The van der Waals surface area contributed by atoms with Crippen LogP contribution in [0.4, 0.5) is 0 Å². The van der Waals surface area contributed by atoms with Gasteiger partial charge in [0.05, 0.1) is 12.5 Å². The smallest absolute Gasteiger partial charge is 0.334 e. The van der Waals surface area contributed by atoms with Crippen LogP contribution >= 0.6 is 0 Å². The van der Waals surface area contributed by atoms with Gasteiger partial charge in [-0.3, -0.25) is 4.79 Å². The number of esters is 1. The minimum Gasteiger partial charge on any atom is -0.463 e. The molecule has 0 radical (unpaired) electrons. The Hall–Kier alpha value is -2.12. The number of hydrogen-bond acceptors (Lipinski definition) is 3. The van der Waals surface area contributed by atoms with E-state index in [2.05, 4.69) is 32.2 Å².